The van der Waals surface area contributed by atoms with E-state index < -0.39 is 11.7 Å². The van der Waals surface area contributed by atoms with E-state index in [1.165, 1.54) is 10.9 Å². The summed E-state index contributed by atoms with van der Waals surface area (Å²) in [6.45, 7) is 2.13. The van der Waals surface area contributed by atoms with Gasteiger partial charge in [0.1, 0.15) is 5.82 Å². The predicted molar refractivity (Wildman–Crippen MR) is 104 cm³/mol. The van der Waals surface area contributed by atoms with Crippen LogP contribution in [0.15, 0.2) is 36.4 Å². The minimum Gasteiger partial charge on any atom is -0.351 e. The minimum absolute atomic E-state index is 0.0183. The Morgan fingerprint density at radius 3 is 2.78 bits per heavy atom. The fourth-order valence-corrected chi connectivity index (χ4v) is 3.44. The molecule has 140 valence electrons. The highest BCUT2D eigenvalue weighted by Gasteiger charge is 2.12. The monoisotopic (exact) mass is 406 g/mol. The Hall–Kier alpha value is -2.71. The van der Waals surface area contributed by atoms with Crippen molar-refractivity contribution in [2.75, 3.05) is 11.9 Å². The molecule has 0 spiro atoms. The molecule has 0 saturated heterocycles. The standard InChI is InChI=1S/C18H16ClFN4O2S/c1-10-2-5-15(27-10)14-9-16(24-23-14)22-17(25)6-7-21-18(26)12-4-3-11(20)8-13(12)19/h2-5,8-9H,6-7H2,1H3,(H,21,26)(H2,22,23,24,25). The number of carbonyl (C=O) groups is 2. The third-order valence-corrected chi connectivity index (χ3v) is 5.01. The molecule has 3 aromatic rings. The molecule has 6 nitrogen and oxygen atoms in total. The van der Waals surface area contributed by atoms with Crippen LogP contribution in [0.5, 0.6) is 0 Å². The van der Waals surface area contributed by atoms with E-state index in [0.29, 0.717) is 5.82 Å². The fraction of sp³-hybridized carbons (Fsp3) is 0.167. The number of aromatic amines is 1. The Labute approximate surface area is 163 Å². The number of carbonyl (C=O) groups excluding carboxylic acids is 2. The molecular formula is C18H16ClFN4O2S. The van der Waals surface area contributed by atoms with Crippen LogP contribution < -0.4 is 10.6 Å². The number of hydrogen-bond acceptors (Lipinski definition) is 4. The molecule has 27 heavy (non-hydrogen) atoms. The zero-order valence-electron chi connectivity index (χ0n) is 14.3. The number of halogens is 2. The van der Waals surface area contributed by atoms with Gasteiger partial charge >= 0.3 is 0 Å². The first-order valence-corrected chi connectivity index (χ1v) is 9.27. The van der Waals surface area contributed by atoms with Crippen molar-refractivity contribution < 1.29 is 14.0 Å². The Morgan fingerprint density at radius 2 is 2.07 bits per heavy atom. The van der Waals surface area contributed by atoms with Crippen molar-refractivity contribution in [3.05, 3.63) is 57.7 Å². The Bertz CT molecular complexity index is 985. The highest BCUT2D eigenvalue weighted by Crippen LogP contribution is 2.27. The van der Waals surface area contributed by atoms with Crippen LogP contribution in [0.25, 0.3) is 10.6 Å². The molecule has 0 aliphatic carbocycles. The van der Waals surface area contributed by atoms with Gasteiger partial charge in [0.2, 0.25) is 5.91 Å². The number of amides is 2. The predicted octanol–water partition coefficient (Wildman–Crippen LogP) is 4.00. The molecule has 0 aliphatic heterocycles. The summed E-state index contributed by atoms with van der Waals surface area (Å²) in [5.74, 6) is -0.871. The Kier molecular flexibility index (Phi) is 5.88. The number of thiophene rings is 1. The number of H-pyrrole nitrogens is 1. The van der Waals surface area contributed by atoms with Crippen LogP contribution in [0.2, 0.25) is 5.02 Å². The van der Waals surface area contributed by atoms with Gasteiger partial charge in [-0.3, -0.25) is 14.7 Å². The van der Waals surface area contributed by atoms with Crippen LogP contribution in [0.1, 0.15) is 21.7 Å². The average Bonchev–Trinajstić information content (AvgIpc) is 3.23. The first-order valence-electron chi connectivity index (χ1n) is 8.07. The SMILES string of the molecule is Cc1ccc(-c2cc(NC(=O)CCNC(=O)c3ccc(F)cc3Cl)n[nH]2)s1. The fourth-order valence-electron chi connectivity index (χ4n) is 2.36. The third-order valence-electron chi connectivity index (χ3n) is 3.66. The summed E-state index contributed by atoms with van der Waals surface area (Å²) in [7, 11) is 0. The zero-order chi connectivity index (χ0) is 19.4. The normalized spacial score (nSPS) is 10.6. The van der Waals surface area contributed by atoms with E-state index in [0.717, 1.165) is 22.7 Å². The third kappa shape index (κ3) is 4.93. The summed E-state index contributed by atoms with van der Waals surface area (Å²) in [5, 5.41) is 12.2. The van der Waals surface area contributed by atoms with Crippen LogP contribution in [0, 0.1) is 12.7 Å². The second-order valence-electron chi connectivity index (χ2n) is 5.76. The van der Waals surface area contributed by atoms with Gasteiger partial charge in [-0.1, -0.05) is 11.6 Å². The van der Waals surface area contributed by atoms with Crippen LogP contribution in [-0.4, -0.2) is 28.6 Å². The van der Waals surface area contributed by atoms with Crippen molar-refractivity contribution in [3.63, 3.8) is 0 Å². The Balaban J connectivity index is 1.48. The highest BCUT2D eigenvalue weighted by atomic mass is 35.5. The summed E-state index contributed by atoms with van der Waals surface area (Å²) < 4.78 is 13.0. The molecule has 2 aromatic heterocycles. The van der Waals surface area contributed by atoms with E-state index in [2.05, 4.69) is 20.8 Å². The van der Waals surface area contributed by atoms with Crippen molar-refractivity contribution in [2.24, 2.45) is 0 Å². The van der Waals surface area contributed by atoms with E-state index >= 15 is 0 Å². The van der Waals surface area contributed by atoms with Crippen molar-refractivity contribution in [2.45, 2.75) is 13.3 Å². The maximum atomic E-state index is 13.0. The first-order chi connectivity index (χ1) is 12.9. The van der Waals surface area contributed by atoms with Crippen molar-refractivity contribution in [1.29, 1.82) is 0 Å². The summed E-state index contributed by atoms with van der Waals surface area (Å²) in [6.07, 6.45) is 0.0604. The van der Waals surface area contributed by atoms with Gasteiger partial charge in [-0.05, 0) is 37.3 Å². The maximum absolute atomic E-state index is 13.0. The van der Waals surface area contributed by atoms with Gasteiger partial charge in [0.15, 0.2) is 5.82 Å². The quantitative estimate of drug-likeness (QED) is 0.578. The molecule has 9 heteroatoms. The van der Waals surface area contributed by atoms with Crippen LogP contribution in [0.3, 0.4) is 0 Å². The lowest BCUT2D eigenvalue weighted by Gasteiger charge is -2.06. The number of aromatic nitrogens is 2. The average molecular weight is 407 g/mol. The van der Waals surface area contributed by atoms with Crippen molar-refractivity contribution in [3.8, 4) is 10.6 Å². The molecular weight excluding hydrogens is 391 g/mol. The maximum Gasteiger partial charge on any atom is 0.252 e. The molecule has 2 heterocycles. The lowest BCUT2D eigenvalue weighted by atomic mass is 10.2. The van der Waals surface area contributed by atoms with Gasteiger partial charge in [0, 0.05) is 23.9 Å². The first kappa shape index (κ1) is 19.1. The molecule has 0 radical (unpaired) electrons. The van der Waals surface area contributed by atoms with E-state index in [1.54, 1.807) is 17.4 Å². The zero-order valence-corrected chi connectivity index (χ0v) is 15.9. The summed E-state index contributed by atoms with van der Waals surface area (Å²) in [5.41, 5.74) is 0.976. The lowest BCUT2D eigenvalue weighted by molar-refractivity contribution is -0.116. The number of hydrogen-bond donors (Lipinski definition) is 3. The molecule has 0 aliphatic rings. The molecule has 0 fully saturated rings. The van der Waals surface area contributed by atoms with Gasteiger partial charge in [0.25, 0.3) is 5.91 Å². The van der Waals surface area contributed by atoms with Crippen molar-refractivity contribution >= 4 is 40.6 Å². The smallest absolute Gasteiger partial charge is 0.252 e. The number of anilines is 1. The molecule has 2 amide bonds. The number of rotatable bonds is 6. The van der Waals surface area contributed by atoms with Gasteiger partial charge in [-0.25, -0.2) is 4.39 Å². The number of nitrogens with one attached hydrogen (secondary N) is 3. The van der Waals surface area contributed by atoms with Gasteiger partial charge in [-0.2, -0.15) is 5.10 Å². The topological polar surface area (TPSA) is 86.9 Å². The summed E-state index contributed by atoms with van der Waals surface area (Å²) in [6, 6.07) is 9.25. The second-order valence-corrected chi connectivity index (χ2v) is 7.45. The minimum atomic E-state index is -0.521. The summed E-state index contributed by atoms with van der Waals surface area (Å²) in [4.78, 5) is 26.2. The van der Waals surface area contributed by atoms with Gasteiger partial charge in [-0.15, -0.1) is 11.3 Å². The number of nitrogens with zero attached hydrogens (tertiary/aromatic N) is 1. The number of aryl methyl sites for hydroxylation is 1. The molecule has 0 unspecified atom stereocenters. The lowest BCUT2D eigenvalue weighted by Crippen LogP contribution is -2.28. The molecule has 3 rings (SSSR count). The van der Waals surface area contributed by atoms with Crippen LogP contribution in [0.4, 0.5) is 10.2 Å². The molecule has 1 aromatic carbocycles. The van der Waals surface area contributed by atoms with E-state index in [1.807, 2.05) is 19.1 Å². The Morgan fingerprint density at radius 1 is 1.26 bits per heavy atom. The van der Waals surface area contributed by atoms with E-state index in [9.17, 15) is 14.0 Å². The molecule has 3 N–H and O–H groups in total. The van der Waals surface area contributed by atoms with E-state index in [-0.39, 0.29) is 29.5 Å². The molecule has 0 bridgehead atoms. The molecule has 0 atom stereocenters. The van der Waals surface area contributed by atoms with Crippen LogP contribution in [-0.2, 0) is 4.79 Å². The van der Waals surface area contributed by atoms with E-state index in [4.69, 9.17) is 11.6 Å². The second kappa shape index (κ2) is 8.32. The summed E-state index contributed by atoms with van der Waals surface area (Å²) >= 11 is 7.46. The largest absolute Gasteiger partial charge is 0.351 e. The molecule has 0 saturated carbocycles. The number of benzene rings is 1. The highest BCUT2D eigenvalue weighted by molar-refractivity contribution is 7.15. The van der Waals surface area contributed by atoms with Crippen LogP contribution >= 0.6 is 22.9 Å². The van der Waals surface area contributed by atoms with Crippen molar-refractivity contribution in [1.82, 2.24) is 15.5 Å². The van der Waals surface area contributed by atoms with Gasteiger partial charge < -0.3 is 10.6 Å². The van der Waals surface area contributed by atoms with Gasteiger partial charge in [0.05, 0.1) is 21.2 Å².